The molecule has 2 aromatic carbocycles. The zero-order chi connectivity index (χ0) is 12.3. The fourth-order valence-corrected chi connectivity index (χ4v) is 1.79. The summed E-state index contributed by atoms with van der Waals surface area (Å²) in [7, 11) is 0. The van der Waals surface area contributed by atoms with Crippen molar-refractivity contribution in [2.45, 2.75) is 6.54 Å². The number of hydrogen-bond acceptors (Lipinski definition) is 2. The second-order valence-corrected chi connectivity index (χ2v) is 3.70. The van der Waals surface area contributed by atoms with E-state index >= 15 is 0 Å². The summed E-state index contributed by atoms with van der Waals surface area (Å²) in [4.78, 5) is 0. The quantitative estimate of drug-likeness (QED) is 0.856. The Kier molecular flexibility index (Phi) is 3.17. The van der Waals surface area contributed by atoms with Gasteiger partial charge in [0.25, 0.3) is 0 Å². The number of nitrogens with two attached hydrogens (primary N) is 1. The largest absolute Gasteiger partial charge is 0.326 e. The molecular weight excluding hydrogens is 215 g/mol. The van der Waals surface area contributed by atoms with Crippen molar-refractivity contribution in [3.8, 4) is 17.2 Å². The van der Waals surface area contributed by atoms with Gasteiger partial charge in [-0.3, -0.25) is 0 Å². The second-order valence-electron chi connectivity index (χ2n) is 3.70. The Morgan fingerprint density at radius 1 is 1.18 bits per heavy atom. The number of nitriles is 1. The van der Waals surface area contributed by atoms with Gasteiger partial charge >= 0.3 is 0 Å². The van der Waals surface area contributed by atoms with E-state index < -0.39 is 5.82 Å². The lowest BCUT2D eigenvalue weighted by Crippen LogP contribution is -1.98. The Balaban J connectivity index is 2.60. The van der Waals surface area contributed by atoms with Crippen LogP contribution in [0.2, 0.25) is 0 Å². The van der Waals surface area contributed by atoms with Crippen molar-refractivity contribution in [2.24, 2.45) is 5.73 Å². The molecule has 0 aliphatic rings. The van der Waals surface area contributed by atoms with Crippen molar-refractivity contribution in [3.05, 3.63) is 59.4 Å². The maximum absolute atomic E-state index is 13.4. The van der Waals surface area contributed by atoms with Crippen molar-refractivity contribution >= 4 is 0 Å². The summed E-state index contributed by atoms with van der Waals surface area (Å²) in [6.07, 6.45) is 0. The molecule has 0 radical (unpaired) electrons. The van der Waals surface area contributed by atoms with Gasteiger partial charge in [-0.1, -0.05) is 24.3 Å². The van der Waals surface area contributed by atoms with E-state index in [0.717, 1.165) is 11.1 Å². The molecule has 0 heterocycles. The first kappa shape index (κ1) is 11.3. The number of nitrogens with zero attached hydrogens (tertiary/aromatic N) is 1. The highest BCUT2D eigenvalue weighted by Gasteiger charge is 2.06. The summed E-state index contributed by atoms with van der Waals surface area (Å²) in [5, 5.41) is 8.82. The van der Waals surface area contributed by atoms with E-state index in [9.17, 15) is 4.39 Å². The van der Waals surface area contributed by atoms with Crippen molar-refractivity contribution in [2.75, 3.05) is 0 Å². The van der Waals surface area contributed by atoms with E-state index in [2.05, 4.69) is 0 Å². The summed E-state index contributed by atoms with van der Waals surface area (Å²) in [5.41, 5.74) is 8.43. The Hall–Kier alpha value is -2.18. The van der Waals surface area contributed by atoms with Gasteiger partial charge in [0.1, 0.15) is 5.82 Å². The summed E-state index contributed by atoms with van der Waals surface area (Å²) in [6.45, 7) is 0.384. The van der Waals surface area contributed by atoms with Gasteiger partial charge in [0, 0.05) is 6.54 Å². The van der Waals surface area contributed by atoms with Gasteiger partial charge in [-0.25, -0.2) is 4.39 Å². The van der Waals surface area contributed by atoms with E-state index in [1.165, 1.54) is 12.1 Å². The van der Waals surface area contributed by atoms with Crippen molar-refractivity contribution < 1.29 is 4.39 Å². The van der Waals surface area contributed by atoms with Crippen LogP contribution in [0.5, 0.6) is 0 Å². The van der Waals surface area contributed by atoms with Crippen molar-refractivity contribution in [3.63, 3.8) is 0 Å². The van der Waals surface area contributed by atoms with Gasteiger partial charge < -0.3 is 5.73 Å². The van der Waals surface area contributed by atoms with Crippen LogP contribution < -0.4 is 5.73 Å². The molecule has 2 nitrogen and oxygen atoms in total. The maximum atomic E-state index is 13.4. The third-order valence-corrected chi connectivity index (χ3v) is 2.58. The minimum atomic E-state index is -0.411. The Morgan fingerprint density at radius 2 is 1.94 bits per heavy atom. The van der Waals surface area contributed by atoms with E-state index in [1.807, 2.05) is 30.3 Å². The standard InChI is InChI=1S/C14H11FN2/c15-13-6-10(8-16)5-12(7-13)14-4-2-1-3-11(14)9-17/h1-7H,9,17H2. The van der Waals surface area contributed by atoms with Crippen LogP contribution in [0.3, 0.4) is 0 Å². The van der Waals surface area contributed by atoms with Gasteiger partial charge in [0.05, 0.1) is 11.6 Å². The van der Waals surface area contributed by atoms with Crippen LogP contribution in [0.1, 0.15) is 11.1 Å². The molecule has 17 heavy (non-hydrogen) atoms. The molecule has 0 aromatic heterocycles. The molecule has 2 rings (SSSR count). The van der Waals surface area contributed by atoms with Gasteiger partial charge in [0.2, 0.25) is 0 Å². The zero-order valence-electron chi connectivity index (χ0n) is 9.15. The second kappa shape index (κ2) is 4.77. The van der Waals surface area contributed by atoms with E-state index in [0.29, 0.717) is 17.7 Å². The molecule has 0 amide bonds. The predicted molar refractivity (Wildman–Crippen MR) is 64.4 cm³/mol. The molecule has 0 bridgehead atoms. The first-order valence-corrected chi connectivity index (χ1v) is 5.23. The normalized spacial score (nSPS) is 9.94. The average Bonchev–Trinajstić information content (AvgIpc) is 2.37. The highest BCUT2D eigenvalue weighted by atomic mass is 19.1. The minimum Gasteiger partial charge on any atom is -0.326 e. The molecule has 0 aliphatic carbocycles. The summed E-state index contributed by atoms with van der Waals surface area (Å²) in [5.74, 6) is -0.411. The number of halogens is 1. The van der Waals surface area contributed by atoms with E-state index in [4.69, 9.17) is 11.0 Å². The van der Waals surface area contributed by atoms with Crippen LogP contribution in [0.25, 0.3) is 11.1 Å². The lowest BCUT2D eigenvalue weighted by molar-refractivity contribution is 0.628. The molecule has 0 atom stereocenters. The fourth-order valence-electron chi connectivity index (χ4n) is 1.79. The molecule has 2 N–H and O–H groups in total. The molecule has 0 saturated carbocycles. The summed E-state index contributed by atoms with van der Waals surface area (Å²) in [6, 6.07) is 13.8. The summed E-state index contributed by atoms with van der Waals surface area (Å²) >= 11 is 0. The van der Waals surface area contributed by atoms with Crippen LogP contribution in [0.4, 0.5) is 4.39 Å². The van der Waals surface area contributed by atoms with Gasteiger partial charge in [-0.15, -0.1) is 0 Å². The van der Waals surface area contributed by atoms with Crippen LogP contribution >= 0.6 is 0 Å². The Bertz CT molecular complexity index is 585. The molecule has 2 aromatic rings. The van der Waals surface area contributed by atoms with Crippen LogP contribution in [-0.4, -0.2) is 0 Å². The van der Waals surface area contributed by atoms with Gasteiger partial charge in [0.15, 0.2) is 0 Å². The third kappa shape index (κ3) is 2.32. The Morgan fingerprint density at radius 3 is 2.65 bits per heavy atom. The molecule has 3 heteroatoms. The highest BCUT2D eigenvalue weighted by molar-refractivity contribution is 5.68. The van der Waals surface area contributed by atoms with Gasteiger partial charge in [-0.05, 0) is 34.9 Å². The lowest BCUT2D eigenvalue weighted by Gasteiger charge is -2.08. The minimum absolute atomic E-state index is 0.312. The smallest absolute Gasteiger partial charge is 0.125 e. The molecule has 0 saturated heterocycles. The number of hydrogen-bond donors (Lipinski definition) is 1. The van der Waals surface area contributed by atoms with Crippen LogP contribution in [0.15, 0.2) is 42.5 Å². The average molecular weight is 226 g/mol. The SMILES string of the molecule is N#Cc1cc(F)cc(-c2ccccc2CN)c1. The lowest BCUT2D eigenvalue weighted by atomic mass is 9.98. The molecule has 0 fully saturated rings. The third-order valence-electron chi connectivity index (χ3n) is 2.58. The summed E-state index contributed by atoms with van der Waals surface area (Å²) < 4.78 is 13.4. The monoisotopic (exact) mass is 226 g/mol. The maximum Gasteiger partial charge on any atom is 0.125 e. The fraction of sp³-hybridized carbons (Fsp3) is 0.0714. The van der Waals surface area contributed by atoms with Gasteiger partial charge in [-0.2, -0.15) is 5.26 Å². The number of rotatable bonds is 2. The topological polar surface area (TPSA) is 49.8 Å². The predicted octanol–water partition coefficient (Wildman–Crippen LogP) is 2.82. The van der Waals surface area contributed by atoms with Crippen LogP contribution in [-0.2, 0) is 6.54 Å². The molecule has 0 spiro atoms. The van der Waals surface area contributed by atoms with Crippen LogP contribution in [0, 0.1) is 17.1 Å². The zero-order valence-corrected chi connectivity index (χ0v) is 9.15. The molecule has 0 unspecified atom stereocenters. The first-order valence-electron chi connectivity index (χ1n) is 5.23. The van der Waals surface area contributed by atoms with Crippen molar-refractivity contribution in [1.82, 2.24) is 0 Å². The highest BCUT2D eigenvalue weighted by Crippen LogP contribution is 2.25. The molecule has 0 aliphatic heterocycles. The molecular formula is C14H11FN2. The van der Waals surface area contributed by atoms with Crippen molar-refractivity contribution in [1.29, 1.82) is 5.26 Å². The number of benzene rings is 2. The van der Waals surface area contributed by atoms with E-state index in [1.54, 1.807) is 6.07 Å². The Labute approximate surface area is 99.1 Å². The first-order chi connectivity index (χ1) is 8.24. The molecule has 84 valence electrons. The van der Waals surface area contributed by atoms with E-state index in [-0.39, 0.29) is 0 Å².